The van der Waals surface area contributed by atoms with Crippen molar-refractivity contribution in [3.63, 3.8) is 0 Å². The molecule has 210 valence electrons. The Morgan fingerprint density at radius 1 is 0.579 bits per heavy atom. The Morgan fingerprint density at radius 3 is 1.08 bits per heavy atom. The standard InChI is InChI=1S/C25H37N3.C6H18NSi2.Y/c1-6-20-12-10-13-21(7-2)24(20)26-16-18-28(5)19-17-27-25-22(8-3)14-11-15-23(25)9-4;1-8(2,3)7-9(4,5)6;/h10-15H,6-9,16-19H2,1-5H3;1-6H3;/q-2;-1;+3. The Balaban J connectivity index is 0.00000118. The third-order valence-corrected chi connectivity index (χ3v) is 11.5. The number of para-hydroxylation sites is 2. The molecule has 4 nitrogen and oxygen atoms in total. The normalized spacial score (nSPS) is 11.5. The van der Waals surface area contributed by atoms with Gasteiger partial charge in [-0.1, -0.05) is 142 Å². The maximum absolute atomic E-state index is 4.94. The van der Waals surface area contributed by atoms with Crippen LogP contribution in [0.25, 0.3) is 15.3 Å². The summed E-state index contributed by atoms with van der Waals surface area (Å²) in [7, 11) is -0.0412. The van der Waals surface area contributed by atoms with Crippen molar-refractivity contribution in [2.24, 2.45) is 0 Å². The molecule has 2 rings (SSSR count). The largest absolute Gasteiger partial charge is 3.00 e. The third-order valence-electron chi connectivity index (χ3n) is 6.10. The zero-order chi connectivity index (χ0) is 28.1. The number of likely N-dealkylation sites (N-methyl/N-ethyl adjacent to an activating group) is 1. The van der Waals surface area contributed by atoms with Crippen molar-refractivity contribution < 1.29 is 32.7 Å². The summed E-state index contributed by atoms with van der Waals surface area (Å²) in [6, 6.07) is 13.1. The molecule has 2 aromatic carbocycles. The van der Waals surface area contributed by atoms with Gasteiger partial charge in [0, 0.05) is 0 Å². The van der Waals surface area contributed by atoms with E-state index in [1.54, 1.807) is 0 Å². The topological polar surface area (TPSA) is 45.5 Å². The molecular weight excluding hydrogens is 573 g/mol. The van der Waals surface area contributed by atoms with Crippen LogP contribution in [-0.4, -0.2) is 54.6 Å². The Kier molecular flexibility index (Phi) is 18.5. The Morgan fingerprint density at radius 2 is 0.868 bits per heavy atom. The molecule has 0 aliphatic heterocycles. The van der Waals surface area contributed by atoms with Crippen molar-refractivity contribution in [2.45, 2.75) is 92.7 Å². The molecule has 0 saturated heterocycles. The van der Waals surface area contributed by atoms with Gasteiger partial charge in [0.1, 0.15) is 0 Å². The Hall–Kier alpha value is -0.502. The van der Waals surface area contributed by atoms with Crippen LogP contribution in [0.5, 0.6) is 0 Å². The van der Waals surface area contributed by atoms with Crippen molar-refractivity contribution in [1.82, 2.24) is 4.90 Å². The second-order valence-electron chi connectivity index (χ2n) is 11.8. The van der Waals surface area contributed by atoms with E-state index in [1.165, 1.54) is 33.6 Å². The summed E-state index contributed by atoms with van der Waals surface area (Å²) < 4.78 is 4.82. The minimum absolute atomic E-state index is 0. The fraction of sp³-hybridized carbons (Fsp3) is 0.613. The second kappa shape index (κ2) is 18.8. The van der Waals surface area contributed by atoms with E-state index in [4.69, 9.17) is 15.3 Å². The van der Waals surface area contributed by atoms with Crippen LogP contribution in [0, 0.1) is 0 Å². The van der Waals surface area contributed by atoms with Gasteiger partial charge in [0.05, 0.1) is 0 Å². The molecule has 38 heavy (non-hydrogen) atoms. The van der Waals surface area contributed by atoms with Crippen LogP contribution in [0.3, 0.4) is 0 Å². The molecule has 0 bridgehead atoms. The van der Waals surface area contributed by atoms with Crippen molar-refractivity contribution in [3.05, 3.63) is 73.9 Å². The van der Waals surface area contributed by atoms with Gasteiger partial charge in [-0.2, -0.15) is 0 Å². The first-order valence-electron chi connectivity index (χ1n) is 14.3. The van der Waals surface area contributed by atoms with Gasteiger partial charge in [-0.3, -0.25) is 0 Å². The number of aryl methyl sites for hydroxylation is 4. The molecule has 0 aliphatic carbocycles. The first-order chi connectivity index (χ1) is 17.3. The van der Waals surface area contributed by atoms with E-state index in [9.17, 15) is 0 Å². The molecule has 0 aromatic heterocycles. The summed E-state index contributed by atoms with van der Waals surface area (Å²) >= 11 is 0. The maximum atomic E-state index is 4.94. The average molecular weight is 629 g/mol. The maximum Gasteiger partial charge on any atom is 3.00 e. The SMILES string of the molecule is CCc1cccc(CC)c1[N-]CCN(C)CC[N-]c1c(CC)cccc1CC.C[Si](C)(C)[N-][Si](C)(C)C.[Y+3]. The average Bonchev–Trinajstić information content (AvgIpc) is 2.82. The van der Waals surface area contributed by atoms with Crippen LogP contribution < -0.4 is 0 Å². The molecule has 0 saturated carbocycles. The number of benzene rings is 2. The predicted molar refractivity (Wildman–Crippen MR) is 174 cm³/mol. The third kappa shape index (κ3) is 14.8. The number of nitrogens with zero attached hydrogens (tertiary/aromatic N) is 4. The molecule has 2 aromatic rings. The number of hydrogen-bond donors (Lipinski definition) is 0. The van der Waals surface area contributed by atoms with Crippen molar-refractivity contribution in [3.8, 4) is 0 Å². The Bertz CT molecular complexity index is 805. The smallest absolute Gasteiger partial charge is 0.683 e. The van der Waals surface area contributed by atoms with Gasteiger partial charge < -0.3 is 20.2 Å². The monoisotopic (exact) mass is 628 g/mol. The summed E-state index contributed by atoms with van der Waals surface area (Å²) in [6.45, 7) is 26.2. The summed E-state index contributed by atoms with van der Waals surface area (Å²) in [4.78, 5) is 2.34. The van der Waals surface area contributed by atoms with Gasteiger partial charge in [0.25, 0.3) is 0 Å². The summed E-state index contributed by atoms with van der Waals surface area (Å²) in [5.41, 5.74) is 7.88. The fourth-order valence-electron chi connectivity index (χ4n) is 4.62. The zero-order valence-corrected chi connectivity index (χ0v) is 31.3. The molecule has 0 unspecified atom stereocenters. The van der Waals surface area contributed by atoms with Crippen LogP contribution in [0.4, 0.5) is 11.4 Å². The molecule has 0 heterocycles. The summed E-state index contributed by atoms with van der Waals surface area (Å²) in [6.07, 6.45) is 4.16. The minimum Gasteiger partial charge on any atom is -0.683 e. The molecule has 0 amide bonds. The number of rotatable bonds is 14. The quantitative estimate of drug-likeness (QED) is 0.192. The number of hydrogen-bond acceptors (Lipinski definition) is 1. The van der Waals surface area contributed by atoms with Gasteiger partial charge in [-0.15, -0.1) is 24.5 Å². The van der Waals surface area contributed by atoms with E-state index >= 15 is 0 Å². The van der Waals surface area contributed by atoms with Crippen molar-refractivity contribution in [1.29, 1.82) is 0 Å². The molecule has 0 atom stereocenters. The van der Waals surface area contributed by atoms with E-state index in [0.717, 1.165) is 51.9 Å². The van der Waals surface area contributed by atoms with Gasteiger partial charge >= 0.3 is 32.7 Å². The first kappa shape index (κ1) is 37.5. The molecular formula is C31H55N4Si2Y. The van der Waals surface area contributed by atoms with Crippen LogP contribution in [0.2, 0.25) is 39.3 Å². The van der Waals surface area contributed by atoms with Crippen molar-refractivity contribution in [2.75, 3.05) is 33.2 Å². The molecule has 0 fully saturated rings. The van der Waals surface area contributed by atoms with Gasteiger partial charge in [-0.05, 0) is 45.8 Å². The van der Waals surface area contributed by atoms with E-state index in [0.29, 0.717) is 0 Å². The van der Waals surface area contributed by atoms with Gasteiger partial charge in [-0.25, -0.2) is 0 Å². The first-order valence-corrected chi connectivity index (χ1v) is 21.2. The predicted octanol–water partition coefficient (Wildman–Crippen LogP) is 9.61. The summed E-state index contributed by atoms with van der Waals surface area (Å²) in [5, 5.41) is 9.87. The zero-order valence-electron chi connectivity index (χ0n) is 26.5. The second-order valence-corrected chi connectivity index (χ2v) is 21.4. The van der Waals surface area contributed by atoms with Crippen LogP contribution >= 0.6 is 0 Å². The van der Waals surface area contributed by atoms with Crippen LogP contribution in [0.15, 0.2) is 36.4 Å². The van der Waals surface area contributed by atoms with Gasteiger partial charge in [0.15, 0.2) is 0 Å². The van der Waals surface area contributed by atoms with Crippen molar-refractivity contribution >= 4 is 27.8 Å². The molecule has 0 N–H and O–H groups in total. The molecule has 0 spiro atoms. The van der Waals surface area contributed by atoms with Crippen LogP contribution in [0.1, 0.15) is 49.9 Å². The van der Waals surface area contributed by atoms with E-state index in [1.807, 2.05) is 0 Å². The van der Waals surface area contributed by atoms with E-state index in [-0.39, 0.29) is 32.7 Å². The minimum atomic E-state index is -1.11. The molecule has 0 radical (unpaired) electrons. The fourth-order valence-corrected chi connectivity index (χ4v) is 12.7. The van der Waals surface area contributed by atoms with Gasteiger partial charge in [0.2, 0.25) is 0 Å². The Labute approximate surface area is 263 Å². The summed E-state index contributed by atoms with van der Waals surface area (Å²) in [5.74, 6) is 0. The van der Waals surface area contributed by atoms with Crippen LogP contribution in [-0.2, 0) is 58.4 Å². The van der Waals surface area contributed by atoms with E-state index in [2.05, 4.69) is 115 Å². The molecule has 7 heteroatoms. The van der Waals surface area contributed by atoms with E-state index < -0.39 is 16.5 Å². The molecule has 0 aliphatic rings.